The summed E-state index contributed by atoms with van der Waals surface area (Å²) in [6.45, 7) is 0. The van der Waals surface area contributed by atoms with Gasteiger partial charge in [0.2, 0.25) is 0 Å². The van der Waals surface area contributed by atoms with Crippen LogP contribution in [0.15, 0.2) is 53.4 Å². The largest absolute Gasteiger partial charge is 0.495 e. The SMILES string of the molecule is COc1ccccc1S(=O)(=O)CCc1ccc(N)cc1. The molecular formula is C15H17NO3S. The van der Waals surface area contributed by atoms with E-state index in [0.717, 1.165) is 5.56 Å². The van der Waals surface area contributed by atoms with E-state index in [2.05, 4.69) is 0 Å². The summed E-state index contributed by atoms with van der Waals surface area (Å²) in [7, 11) is -1.90. The van der Waals surface area contributed by atoms with Crippen molar-refractivity contribution in [3.8, 4) is 5.75 Å². The molecule has 20 heavy (non-hydrogen) atoms. The standard InChI is InChI=1S/C15H17NO3S/c1-19-14-4-2-3-5-15(14)20(17,18)11-10-12-6-8-13(16)9-7-12/h2-9H,10-11,16H2,1H3. The van der Waals surface area contributed by atoms with E-state index in [4.69, 9.17) is 10.5 Å². The molecule has 2 aromatic carbocycles. The maximum Gasteiger partial charge on any atom is 0.182 e. The van der Waals surface area contributed by atoms with Gasteiger partial charge in [0.1, 0.15) is 10.6 Å². The molecule has 0 bridgehead atoms. The Hall–Kier alpha value is -2.01. The van der Waals surface area contributed by atoms with Gasteiger partial charge in [0.25, 0.3) is 0 Å². The molecular weight excluding hydrogens is 274 g/mol. The van der Waals surface area contributed by atoms with E-state index < -0.39 is 9.84 Å². The van der Waals surface area contributed by atoms with Crippen LogP contribution in [0.5, 0.6) is 5.75 Å². The second-order valence-electron chi connectivity index (χ2n) is 4.46. The van der Waals surface area contributed by atoms with E-state index in [-0.39, 0.29) is 10.6 Å². The molecule has 0 fully saturated rings. The van der Waals surface area contributed by atoms with Crippen molar-refractivity contribution < 1.29 is 13.2 Å². The summed E-state index contributed by atoms with van der Waals surface area (Å²) in [6.07, 6.45) is 0.445. The smallest absolute Gasteiger partial charge is 0.182 e. The van der Waals surface area contributed by atoms with E-state index in [1.54, 1.807) is 36.4 Å². The number of hydrogen-bond acceptors (Lipinski definition) is 4. The molecule has 0 aliphatic carbocycles. The Morgan fingerprint density at radius 2 is 1.70 bits per heavy atom. The average Bonchev–Trinajstić information content (AvgIpc) is 2.46. The van der Waals surface area contributed by atoms with Gasteiger partial charge in [-0.25, -0.2) is 8.42 Å². The molecule has 0 atom stereocenters. The number of rotatable bonds is 5. The zero-order valence-electron chi connectivity index (χ0n) is 11.2. The lowest BCUT2D eigenvalue weighted by Crippen LogP contribution is -2.10. The van der Waals surface area contributed by atoms with E-state index in [0.29, 0.717) is 17.9 Å². The first-order valence-electron chi connectivity index (χ1n) is 6.23. The van der Waals surface area contributed by atoms with Crippen LogP contribution in [-0.4, -0.2) is 21.3 Å². The third-order valence-electron chi connectivity index (χ3n) is 3.04. The highest BCUT2D eigenvalue weighted by Gasteiger charge is 2.18. The summed E-state index contributed by atoms with van der Waals surface area (Å²) in [4.78, 5) is 0.234. The summed E-state index contributed by atoms with van der Waals surface area (Å²) in [5.41, 5.74) is 7.21. The molecule has 0 heterocycles. The van der Waals surface area contributed by atoms with Crippen LogP contribution in [-0.2, 0) is 16.3 Å². The molecule has 5 heteroatoms. The van der Waals surface area contributed by atoms with Gasteiger partial charge in [0.05, 0.1) is 12.9 Å². The lowest BCUT2D eigenvalue weighted by molar-refractivity contribution is 0.402. The van der Waals surface area contributed by atoms with Gasteiger partial charge in [-0.15, -0.1) is 0 Å². The van der Waals surface area contributed by atoms with Crippen molar-refractivity contribution in [2.75, 3.05) is 18.6 Å². The molecule has 0 saturated carbocycles. The third-order valence-corrected chi connectivity index (χ3v) is 4.79. The topological polar surface area (TPSA) is 69.4 Å². The monoisotopic (exact) mass is 291 g/mol. The minimum absolute atomic E-state index is 0.0390. The summed E-state index contributed by atoms with van der Waals surface area (Å²) in [5, 5.41) is 0. The number of nitrogens with two attached hydrogens (primary N) is 1. The number of anilines is 1. The lowest BCUT2D eigenvalue weighted by atomic mass is 10.2. The van der Waals surface area contributed by atoms with Crippen LogP contribution < -0.4 is 10.5 Å². The fraction of sp³-hybridized carbons (Fsp3) is 0.200. The van der Waals surface area contributed by atoms with Crippen molar-refractivity contribution >= 4 is 15.5 Å². The molecule has 2 N–H and O–H groups in total. The van der Waals surface area contributed by atoms with Gasteiger partial charge in [0, 0.05) is 5.69 Å². The highest BCUT2D eigenvalue weighted by molar-refractivity contribution is 7.91. The number of benzene rings is 2. The molecule has 0 aliphatic rings. The van der Waals surface area contributed by atoms with Crippen molar-refractivity contribution in [2.45, 2.75) is 11.3 Å². The molecule has 0 amide bonds. The Morgan fingerprint density at radius 1 is 1.05 bits per heavy atom. The van der Waals surface area contributed by atoms with Crippen molar-refractivity contribution in [3.05, 3.63) is 54.1 Å². The number of nitrogen functional groups attached to an aromatic ring is 1. The van der Waals surface area contributed by atoms with Crippen LogP contribution in [0.3, 0.4) is 0 Å². The molecule has 2 rings (SSSR count). The molecule has 0 radical (unpaired) electrons. The predicted octanol–water partition coefficient (Wildman–Crippen LogP) is 2.29. The van der Waals surface area contributed by atoms with E-state index >= 15 is 0 Å². The first-order valence-corrected chi connectivity index (χ1v) is 7.88. The van der Waals surface area contributed by atoms with Crippen molar-refractivity contribution in [1.29, 1.82) is 0 Å². The van der Waals surface area contributed by atoms with Crippen LogP contribution in [0.1, 0.15) is 5.56 Å². The molecule has 0 spiro atoms. The fourth-order valence-corrected chi connectivity index (χ4v) is 3.39. The molecule has 0 saturated heterocycles. The minimum atomic E-state index is -3.37. The first-order chi connectivity index (χ1) is 9.53. The van der Waals surface area contributed by atoms with Gasteiger partial charge < -0.3 is 10.5 Å². The second kappa shape index (κ2) is 5.96. The Balaban J connectivity index is 2.17. The first kappa shape index (κ1) is 14.4. The minimum Gasteiger partial charge on any atom is -0.495 e. The van der Waals surface area contributed by atoms with Gasteiger partial charge in [-0.2, -0.15) is 0 Å². The fourth-order valence-electron chi connectivity index (χ4n) is 1.92. The van der Waals surface area contributed by atoms with Gasteiger partial charge in [0.15, 0.2) is 9.84 Å². The van der Waals surface area contributed by atoms with Crippen molar-refractivity contribution in [3.63, 3.8) is 0 Å². The maximum absolute atomic E-state index is 12.3. The number of ether oxygens (including phenoxy) is 1. The number of aryl methyl sites for hydroxylation is 1. The lowest BCUT2D eigenvalue weighted by Gasteiger charge is -2.09. The van der Waals surface area contributed by atoms with Gasteiger partial charge in [-0.3, -0.25) is 0 Å². The van der Waals surface area contributed by atoms with Gasteiger partial charge in [-0.1, -0.05) is 24.3 Å². The Morgan fingerprint density at radius 3 is 2.35 bits per heavy atom. The number of para-hydroxylation sites is 1. The average molecular weight is 291 g/mol. The van der Waals surface area contributed by atoms with E-state index in [1.165, 1.54) is 7.11 Å². The van der Waals surface area contributed by atoms with Crippen LogP contribution in [0.2, 0.25) is 0 Å². The van der Waals surface area contributed by atoms with Crippen LogP contribution in [0.25, 0.3) is 0 Å². The summed E-state index contributed by atoms with van der Waals surface area (Å²) in [5.74, 6) is 0.418. The van der Waals surface area contributed by atoms with E-state index in [9.17, 15) is 8.42 Å². The van der Waals surface area contributed by atoms with Crippen LogP contribution in [0.4, 0.5) is 5.69 Å². The number of methoxy groups -OCH3 is 1. The zero-order valence-corrected chi connectivity index (χ0v) is 12.1. The molecule has 4 nitrogen and oxygen atoms in total. The Labute approximate surface area is 119 Å². The molecule has 0 aromatic heterocycles. The molecule has 0 aliphatic heterocycles. The molecule has 2 aromatic rings. The zero-order chi connectivity index (χ0) is 14.6. The Bertz CT molecular complexity index is 679. The van der Waals surface area contributed by atoms with Gasteiger partial charge in [-0.05, 0) is 36.2 Å². The van der Waals surface area contributed by atoms with Crippen LogP contribution >= 0.6 is 0 Å². The van der Waals surface area contributed by atoms with Crippen LogP contribution in [0, 0.1) is 0 Å². The van der Waals surface area contributed by atoms with Crippen molar-refractivity contribution in [1.82, 2.24) is 0 Å². The summed E-state index contributed by atoms with van der Waals surface area (Å²) >= 11 is 0. The van der Waals surface area contributed by atoms with E-state index in [1.807, 2.05) is 12.1 Å². The Kier molecular flexibility index (Phi) is 4.29. The quantitative estimate of drug-likeness (QED) is 0.858. The maximum atomic E-state index is 12.3. The summed E-state index contributed by atoms with van der Waals surface area (Å²) < 4.78 is 29.8. The summed E-state index contributed by atoms with van der Waals surface area (Å²) in [6, 6.07) is 13.9. The highest BCUT2D eigenvalue weighted by Crippen LogP contribution is 2.24. The number of sulfone groups is 1. The molecule has 106 valence electrons. The normalized spacial score (nSPS) is 11.2. The second-order valence-corrected chi connectivity index (χ2v) is 6.54. The third kappa shape index (κ3) is 3.30. The molecule has 0 unspecified atom stereocenters. The van der Waals surface area contributed by atoms with Crippen molar-refractivity contribution in [2.24, 2.45) is 0 Å². The highest BCUT2D eigenvalue weighted by atomic mass is 32.2. The number of hydrogen-bond donors (Lipinski definition) is 1. The van der Waals surface area contributed by atoms with Gasteiger partial charge >= 0.3 is 0 Å². The predicted molar refractivity (Wildman–Crippen MR) is 79.6 cm³/mol.